The van der Waals surface area contributed by atoms with Gasteiger partial charge in [0.25, 0.3) is 0 Å². The van der Waals surface area contributed by atoms with Crippen LogP contribution in [0, 0.1) is 5.92 Å². The molecule has 1 aliphatic heterocycles. The van der Waals surface area contributed by atoms with Crippen molar-refractivity contribution in [2.24, 2.45) is 5.92 Å². The van der Waals surface area contributed by atoms with Crippen LogP contribution in [-0.2, 0) is 4.79 Å². The molecule has 0 amide bonds. The van der Waals surface area contributed by atoms with Crippen LogP contribution in [0.2, 0.25) is 0 Å². The van der Waals surface area contributed by atoms with E-state index in [0.29, 0.717) is 6.54 Å². The van der Waals surface area contributed by atoms with E-state index in [1.165, 1.54) is 5.56 Å². The number of para-hydroxylation sites is 1. The molecule has 1 N–H and O–H groups in total. The molecular weight excluding hydrogens is 264 g/mol. The molecule has 1 aliphatic rings. The predicted molar refractivity (Wildman–Crippen MR) is 82.1 cm³/mol. The standard InChI is InChI=1S/C17H20N2O2/c1-12(19-10-4-5-13(11-19)17(20)21)14-8-9-18-16-7-3-2-6-15(14)16/h2-3,6-9,12-13H,4-5,10-11H2,1H3,(H,20,21). The molecule has 3 rings (SSSR count). The highest BCUT2D eigenvalue weighted by Gasteiger charge is 2.28. The molecule has 1 saturated heterocycles. The largest absolute Gasteiger partial charge is 0.481 e. The molecule has 4 heteroatoms. The molecule has 0 aliphatic carbocycles. The van der Waals surface area contributed by atoms with E-state index in [2.05, 4.69) is 28.9 Å². The van der Waals surface area contributed by atoms with Gasteiger partial charge in [0.1, 0.15) is 0 Å². The quantitative estimate of drug-likeness (QED) is 0.941. The number of hydrogen-bond acceptors (Lipinski definition) is 3. The van der Waals surface area contributed by atoms with E-state index in [4.69, 9.17) is 0 Å². The number of rotatable bonds is 3. The third-order valence-corrected chi connectivity index (χ3v) is 4.48. The van der Waals surface area contributed by atoms with Crippen LogP contribution in [-0.4, -0.2) is 34.0 Å². The highest BCUT2D eigenvalue weighted by molar-refractivity contribution is 5.82. The van der Waals surface area contributed by atoms with Gasteiger partial charge < -0.3 is 5.11 Å². The van der Waals surface area contributed by atoms with Gasteiger partial charge in [-0.25, -0.2) is 0 Å². The van der Waals surface area contributed by atoms with Crippen LogP contribution < -0.4 is 0 Å². The second-order valence-corrected chi connectivity index (χ2v) is 5.77. The van der Waals surface area contributed by atoms with Crippen molar-refractivity contribution in [1.82, 2.24) is 9.88 Å². The summed E-state index contributed by atoms with van der Waals surface area (Å²) in [6, 6.07) is 10.4. The molecule has 0 spiro atoms. The van der Waals surface area contributed by atoms with Crippen LogP contribution in [0.1, 0.15) is 31.4 Å². The van der Waals surface area contributed by atoms with Crippen molar-refractivity contribution in [3.8, 4) is 0 Å². The van der Waals surface area contributed by atoms with Crippen LogP contribution in [0.15, 0.2) is 36.5 Å². The highest BCUT2D eigenvalue weighted by atomic mass is 16.4. The van der Waals surface area contributed by atoms with Gasteiger partial charge in [-0.3, -0.25) is 14.7 Å². The first kappa shape index (κ1) is 14.0. The van der Waals surface area contributed by atoms with E-state index >= 15 is 0 Å². The Kier molecular flexibility index (Phi) is 3.88. The Morgan fingerprint density at radius 2 is 2.19 bits per heavy atom. The summed E-state index contributed by atoms with van der Waals surface area (Å²) in [6.07, 6.45) is 3.58. The molecule has 2 unspecified atom stereocenters. The van der Waals surface area contributed by atoms with Crippen molar-refractivity contribution in [2.75, 3.05) is 13.1 Å². The van der Waals surface area contributed by atoms with Gasteiger partial charge in [-0.05, 0) is 44.0 Å². The lowest BCUT2D eigenvalue weighted by Crippen LogP contribution is -2.40. The lowest BCUT2D eigenvalue weighted by molar-refractivity contribution is -0.143. The summed E-state index contributed by atoms with van der Waals surface area (Å²) in [5.74, 6) is -0.916. The molecule has 0 radical (unpaired) electrons. The predicted octanol–water partition coefficient (Wildman–Crippen LogP) is 3.09. The summed E-state index contributed by atoms with van der Waals surface area (Å²) in [5, 5.41) is 10.4. The number of likely N-dealkylation sites (tertiary alicyclic amines) is 1. The van der Waals surface area contributed by atoms with Gasteiger partial charge in [-0.1, -0.05) is 18.2 Å². The van der Waals surface area contributed by atoms with Gasteiger partial charge in [0.2, 0.25) is 0 Å². The number of pyridine rings is 1. The minimum Gasteiger partial charge on any atom is -0.481 e. The zero-order chi connectivity index (χ0) is 14.8. The summed E-state index contributed by atoms with van der Waals surface area (Å²) in [5.41, 5.74) is 2.22. The van der Waals surface area contributed by atoms with Crippen molar-refractivity contribution in [2.45, 2.75) is 25.8 Å². The first-order valence-corrected chi connectivity index (χ1v) is 7.47. The lowest BCUT2D eigenvalue weighted by Gasteiger charge is -2.35. The zero-order valence-corrected chi connectivity index (χ0v) is 12.2. The van der Waals surface area contributed by atoms with E-state index in [1.54, 1.807) is 0 Å². The van der Waals surface area contributed by atoms with Gasteiger partial charge in [-0.15, -0.1) is 0 Å². The fourth-order valence-electron chi connectivity index (χ4n) is 3.24. The molecule has 1 fully saturated rings. The van der Waals surface area contributed by atoms with E-state index in [1.807, 2.05) is 24.4 Å². The Labute approximate surface area is 124 Å². The van der Waals surface area contributed by atoms with Crippen LogP contribution in [0.25, 0.3) is 10.9 Å². The van der Waals surface area contributed by atoms with Crippen molar-refractivity contribution in [3.63, 3.8) is 0 Å². The number of benzene rings is 1. The summed E-state index contributed by atoms with van der Waals surface area (Å²) in [6.45, 7) is 3.75. The monoisotopic (exact) mass is 284 g/mol. The zero-order valence-electron chi connectivity index (χ0n) is 12.2. The van der Waals surface area contributed by atoms with Gasteiger partial charge in [0.15, 0.2) is 0 Å². The molecule has 2 heterocycles. The molecule has 0 bridgehead atoms. The third-order valence-electron chi connectivity index (χ3n) is 4.48. The third kappa shape index (κ3) is 2.76. The smallest absolute Gasteiger partial charge is 0.307 e. The average Bonchev–Trinajstić information content (AvgIpc) is 2.53. The maximum Gasteiger partial charge on any atom is 0.307 e. The first-order valence-electron chi connectivity index (χ1n) is 7.47. The van der Waals surface area contributed by atoms with Crippen molar-refractivity contribution >= 4 is 16.9 Å². The number of aromatic nitrogens is 1. The maximum absolute atomic E-state index is 11.2. The number of piperidine rings is 1. The summed E-state index contributed by atoms with van der Waals surface area (Å²) in [4.78, 5) is 17.9. The van der Waals surface area contributed by atoms with E-state index < -0.39 is 5.97 Å². The SMILES string of the molecule is CC(c1ccnc2ccccc12)N1CCCC(C(=O)O)C1. The number of hydrogen-bond donors (Lipinski definition) is 1. The van der Waals surface area contributed by atoms with E-state index in [0.717, 1.165) is 30.3 Å². The Morgan fingerprint density at radius 1 is 1.38 bits per heavy atom. The van der Waals surface area contributed by atoms with Crippen LogP contribution in [0.4, 0.5) is 0 Å². The minimum absolute atomic E-state index is 0.208. The fourth-order valence-corrected chi connectivity index (χ4v) is 3.24. The average molecular weight is 284 g/mol. The second-order valence-electron chi connectivity index (χ2n) is 5.77. The Morgan fingerprint density at radius 3 is 3.00 bits per heavy atom. The summed E-state index contributed by atoms with van der Waals surface area (Å²) < 4.78 is 0. The number of nitrogens with zero attached hydrogens (tertiary/aromatic N) is 2. The number of carboxylic acids is 1. The Bertz CT molecular complexity index is 651. The van der Waals surface area contributed by atoms with Crippen molar-refractivity contribution in [3.05, 3.63) is 42.1 Å². The van der Waals surface area contributed by atoms with E-state index in [-0.39, 0.29) is 12.0 Å². The Balaban J connectivity index is 1.90. The van der Waals surface area contributed by atoms with Gasteiger partial charge in [0, 0.05) is 24.2 Å². The van der Waals surface area contributed by atoms with Gasteiger partial charge in [-0.2, -0.15) is 0 Å². The van der Waals surface area contributed by atoms with Crippen molar-refractivity contribution in [1.29, 1.82) is 0 Å². The molecular formula is C17H20N2O2. The fraction of sp³-hybridized carbons (Fsp3) is 0.412. The molecule has 0 saturated carbocycles. The van der Waals surface area contributed by atoms with E-state index in [9.17, 15) is 9.90 Å². The number of carboxylic acid groups (broad SMARTS) is 1. The normalized spacial score (nSPS) is 21.3. The van der Waals surface area contributed by atoms with Gasteiger partial charge in [0.05, 0.1) is 11.4 Å². The molecule has 2 aromatic rings. The molecule has 1 aromatic carbocycles. The Hall–Kier alpha value is -1.94. The summed E-state index contributed by atoms with van der Waals surface area (Å²) in [7, 11) is 0. The number of fused-ring (bicyclic) bond motifs is 1. The lowest BCUT2D eigenvalue weighted by atomic mass is 9.94. The number of aliphatic carboxylic acids is 1. The number of carbonyl (C=O) groups is 1. The molecule has 2 atom stereocenters. The molecule has 21 heavy (non-hydrogen) atoms. The summed E-state index contributed by atoms with van der Waals surface area (Å²) >= 11 is 0. The maximum atomic E-state index is 11.2. The topological polar surface area (TPSA) is 53.4 Å². The van der Waals surface area contributed by atoms with Crippen LogP contribution in [0.5, 0.6) is 0 Å². The molecule has 1 aromatic heterocycles. The minimum atomic E-state index is -0.675. The second kappa shape index (κ2) is 5.82. The molecule has 4 nitrogen and oxygen atoms in total. The molecule has 110 valence electrons. The first-order chi connectivity index (χ1) is 10.2. The van der Waals surface area contributed by atoms with Crippen molar-refractivity contribution < 1.29 is 9.90 Å². The highest BCUT2D eigenvalue weighted by Crippen LogP contribution is 2.30. The van der Waals surface area contributed by atoms with Crippen LogP contribution >= 0.6 is 0 Å². The van der Waals surface area contributed by atoms with Crippen LogP contribution in [0.3, 0.4) is 0 Å². The van der Waals surface area contributed by atoms with Gasteiger partial charge >= 0.3 is 5.97 Å².